The maximum atomic E-state index is 12.9. The van der Waals surface area contributed by atoms with Gasteiger partial charge in [0, 0.05) is 6.07 Å². The molecule has 0 aliphatic rings. The van der Waals surface area contributed by atoms with Gasteiger partial charge in [0.1, 0.15) is 22.2 Å². The van der Waals surface area contributed by atoms with Crippen LogP contribution in [0.15, 0.2) is 45.9 Å². The van der Waals surface area contributed by atoms with Gasteiger partial charge < -0.3 is 13.9 Å². The van der Waals surface area contributed by atoms with E-state index in [1.165, 1.54) is 32.6 Å². The number of sulfonamides is 1. The Bertz CT molecular complexity index is 790. The minimum Gasteiger partial charge on any atom is -0.497 e. The standard InChI is InChI=1S/C16H17NO5S/c1-4-9-17(12-14-6-5-10-22-14)23(18,19)16-11-13(20-2)7-8-15(16)21-3/h1,5-8,10-11H,9,12H2,2-3H3. The first kappa shape index (κ1) is 16.9. The van der Waals surface area contributed by atoms with Crippen molar-refractivity contribution in [3.8, 4) is 23.8 Å². The summed E-state index contributed by atoms with van der Waals surface area (Å²) >= 11 is 0. The van der Waals surface area contributed by atoms with Crippen LogP contribution >= 0.6 is 0 Å². The van der Waals surface area contributed by atoms with Crippen LogP contribution in [0, 0.1) is 12.3 Å². The molecule has 0 amide bonds. The number of benzene rings is 1. The van der Waals surface area contributed by atoms with Crippen LogP contribution in [-0.2, 0) is 16.6 Å². The molecule has 0 unspecified atom stereocenters. The van der Waals surface area contributed by atoms with E-state index in [0.29, 0.717) is 11.5 Å². The number of rotatable bonds is 7. The molecule has 7 heteroatoms. The van der Waals surface area contributed by atoms with E-state index >= 15 is 0 Å². The van der Waals surface area contributed by atoms with Gasteiger partial charge >= 0.3 is 0 Å². The maximum Gasteiger partial charge on any atom is 0.248 e. The van der Waals surface area contributed by atoms with Crippen LogP contribution in [0.3, 0.4) is 0 Å². The van der Waals surface area contributed by atoms with E-state index in [1.807, 2.05) is 0 Å². The first-order chi connectivity index (χ1) is 11.0. The Morgan fingerprint density at radius 3 is 2.61 bits per heavy atom. The van der Waals surface area contributed by atoms with Gasteiger partial charge in [0.2, 0.25) is 10.0 Å². The van der Waals surface area contributed by atoms with E-state index in [9.17, 15) is 8.42 Å². The zero-order chi connectivity index (χ0) is 16.9. The van der Waals surface area contributed by atoms with E-state index in [4.69, 9.17) is 20.3 Å². The topological polar surface area (TPSA) is 69.0 Å². The molecule has 0 radical (unpaired) electrons. The molecule has 0 saturated heterocycles. The van der Waals surface area contributed by atoms with Crippen molar-refractivity contribution in [1.29, 1.82) is 0 Å². The lowest BCUT2D eigenvalue weighted by atomic mass is 10.3. The molecular formula is C16H17NO5S. The minimum atomic E-state index is -3.89. The van der Waals surface area contributed by atoms with Crippen molar-refractivity contribution in [2.45, 2.75) is 11.4 Å². The fraction of sp³-hybridized carbons (Fsp3) is 0.250. The molecular weight excluding hydrogens is 318 g/mol. The number of methoxy groups -OCH3 is 2. The molecule has 2 aromatic rings. The summed E-state index contributed by atoms with van der Waals surface area (Å²) in [6.45, 7) is -0.0662. The summed E-state index contributed by atoms with van der Waals surface area (Å²) in [5.74, 6) is 3.47. The van der Waals surface area contributed by atoms with Gasteiger partial charge in [0.15, 0.2) is 0 Å². The molecule has 1 aromatic carbocycles. The Kier molecular flexibility index (Phi) is 5.32. The van der Waals surface area contributed by atoms with Crippen molar-refractivity contribution in [3.63, 3.8) is 0 Å². The van der Waals surface area contributed by atoms with Gasteiger partial charge in [0.05, 0.1) is 33.6 Å². The van der Waals surface area contributed by atoms with Gasteiger partial charge in [-0.1, -0.05) is 5.92 Å². The average Bonchev–Trinajstić information content (AvgIpc) is 3.07. The summed E-state index contributed by atoms with van der Waals surface area (Å²) in [5.41, 5.74) is 0. The van der Waals surface area contributed by atoms with Crippen LogP contribution in [0.2, 0.25) is 0 Å². The van der Waals surface area contributed by atoms with E-state index in [2.05, 4.69) is 5.92 Å². The Morgan fingerprint density at radius 2 is 2.04 bits per heavy atom. The second-order valence-electron chi connectivity index (χ2n) is 4.57. The van der Waals surface area contributed by atoms with Crippen LogP contribution in [-0.4, -0.2) is 33.5 Å². The van der Waals surface area contributed by atoms with Gasteiger partial charge in [-0.15, -0.1) is 6.42 Å². The highest BCUT2D eigenvalue weighted by Gasteiger charge is 2.28. The molecule has 1 heterocycles. The van der Waals surface area contributed by atoms with Gasteiger partial charge in [-0.05, 0) is 24.3 Å². The third kappa shape index (κ3) is 3.67. The lowest BCUT2D eigenvalue weighted by molar-refractivity contribution is 0.374. The van der Waals surface area contributed by atoms with Crippen LogP contribution in [0.5, 0.6) is 11.5 Å². The number of terminal acetylenes is 1. The van der Waals surface area contributed by atoms with Crippen molar-refractivity contribution in [3.05, 3.63) is 42.4 Å². The summed E-state index contributed by atoms with van der Waals surface area (Å²) in [5, 5.41) is 0. The first-order valence-electron chi connectivity index (χ1n) is 6.71. The Hall–Kier alpha value is -2.43. The third-order valence-corrected chi connectivity index (χ3v) is 4.98. The van der Waals surface area contributed by atoms with Crippen molar-refractivity contribution in [2.75, 3.05) is 20.8 Å². The maximum absolute atomic E-state index is 12.9. The van der Waals surface area contributed by atoms with Gasteiger partial charge in [0.25, 0.3) is 0 Å². The summed E-state index contributed by atoms with van der Waals surface area (Å²) in [7, 11) is -1.03. The first-order valence-corrected chi connectivity index (χ1v) is 8.15. The second kappa shape index (κ2) is 7.22. The zero-order valence-corrected chi connectivity index (χ0v) is 13.7. The van der Waals surface area contributed by atoms with Crippen LogP contribution in [0.25, 0.3) is 0 Å². The average molecular weight is 335 g/mol. The lowest BCUT2D eigenvalue weighted by Gasteiger charge is -2.20. The monoisotopic (exact) mass is 335 g/mol. The Labute approximate surface area is 135 Å². The molecule has 0 saturated carbocycles. The fourth-order valence-corrected chi connectivity index (χ4v) is 3.52. The molecule has 1 aromatic heterocycles. The molecule has 0 spiro atoms. The smallest absolute Gasteiger partial charge is 0.248 e. The minimum absolute atomic E-state index is 0.0128. The van der Waals surface area contributed by atoms with E-state index in [0.717, 1.165) is 4.31 Å². The van der Waals surface area contributed by atoms with Crippen LogP contribution in [0.4, 0.5) is 0 Å². The molecule has 0 bridgehead atoms. The van der Waals surface area contributed by atoms with E-state index < -0.39 is 10.0 Å². The van der Waals surface area contributed by atoms with Crippen molar-refractivity contribution in [2.24, 2.45) is 0 Å². The number of hydrogen-bond donors (Lipinski definition) is 0. The van der Waals surface area contributed by atoms with Gasteiger partial charge in [-0.2, -0.15) is 4.31 Å². The molecule has 23 heavy (non-hydrogen) atoms. The Morgan fingerprint density at radius 1 is 1.26 bits per heavy atom. The van der Waals surface area contributed by atoms with Gasteiger partial charge in [-0.25, -0.2) is 8.42 Å². The third-order valence-electron chi connectivity index (χ3n) is 3.17. The van der Waals surface area contributed by atoms with Crippen LogP contribution < -0.4 is 9.47 Å². The molecule has 2 rings (SSSR count). The van der Waals surface area contributed by atoms with Crippen molar-refractivity contribution in [1.82, 2.24) is 4.31 Å². The number of ether oxygens (including phenoxy) is 2. The molecule has 0 aliphatic heterocycles. The van der Waals surface area contributed by atoms with E-state index in [-0.39, 0.29) is 23.7 Å². The zero-order valence-electron chi connectivity index (χ0n) is 12.9. The van der Waals surface area contributed by atoms with Crippen molar-refractivity contribution >= 4 is 10.0 Å². The highest BCUT2D eigenvalue weighted by Crippen LogP contribution is 2.31. The summed E-state index contributed by atoms with van der Waals surface area (Å²) < 4.78 is 42.5. The normalized spacial score (nSPS) is 11.2. The number of hydrogen-bond acceptors (Lipinski definition) is 5. The predicted octanol–water partition coefficient (Wildman–Crippen LogP) is 2.12. The SMILES string of the molecule is C#CCN(Cc1ccco1)S(=O)(=O)c1cc(OC)ccc1OC. The van der Waals surface area contributed by atoms with Crippen molar-refractivity contribution < 1.29 is 22.3 Å². The summed E-state index contributed by atoms with van der Waals surface area (Å²) in [6.07, 6.45) is 6.79. The van der Waals surface area contributed by atoms with Crippen LogP contribution in [0.1, 0.15) is 5.76 Å². The number of furan rings is 1. The largest absolute Gasteiger partial charge is 0.497 e. The Balaban J connectivity index is 2.47. The predicted molar refractivity (Wildman–Crippen MR) is 84.7 cm³/mol. The summed E-state index contributed by atoms with van der Waals surface area (Å²) in [6, 6.07) is 7.92. The molecule has 0 fully saturated rings. The highest BCUT2D eigenvalue weighted by atomic mass is 32.2. The molecule has 0 atom stereocenters. The lowest BCUT2D eigenvalue weighted by Crippen LogP contribution is -2.31. The highest BCUT2D eigenvalue weighted by molar-refractivity contribution is 7.89. The van der Waals surface area contributed by atoms with Gasteiger partial charge in [-0.3, -0.25) is 0 Å². The molecule has 6 nitrogen and oxygen atoms in total. The molecule has 122 valence electrons. The fourth-order valence-electron chi connectivity index (χ4n) is 2.03. The summed E-state index contributed by atoms with van der Waals surface area (Å²) in [4.78, 5) is -0.0128. The second-order valence-corrected chi connectivity index (χ2v) is 6.48. The molecule has 0 N–H and O–H groups in total. The quantitative estimate of drug-likeness (QED) is 0.725. The molecule has 0 aliphatic carbocycles. The number of nitrogens with zero attached hydrogens (tertiary/aromatic N) is 1. The van der Waals surface area contributed by atoms with E-state index in [1.54, 1.807) is 18.2 Å².